The van der Waals surface area contributed by atoms with Crippen molar-refractivity contribution in [2.45, 2.75) is 45.1 Å². The lowest BCUT2D eigenvalue weighted by atomic mass is 10.1. The minimum atomic E-state index is -0.783. The smallest absolute Gasteiger partial charge is 0.317 e. The summed E-state index contributed by atoms with van der Waals surface area (Å²) in [6.07, 6.45) is 5.04. The van der Waals surface area contributed by atoms with Gasteiger partial charge in [0.05, 0.1) is 13.1 Å². The molecule has 1 aliphatic heterocycles. The normalized spacial score (nSPS) is 20.2. The van der Waals surface area contributed by atoms with E-state index in [1.165, 1.54) is 0 Å². The molecule has 1 aliphatic rings. The maximum Gasteiger partial charge on any atom is 0.317 e. The second-order valence-electron chi connectivity index (χ2n) is 5.87. The van der Waals surface area contributed by atoms with Crippen LogP contribution in [0.25, 0.3) is 0 Å². The Labute approximate surface area is 127 Å². The van der Waals surface area contributed by atoms with Crippen LogP contribution in [0.3, 0.4) is 0 Å². The predicted molar refractivity (Wildman–Crippen MR) is 82.3 cm³/mol. The Kier molecular flexibility index (Phi) is 8.30. The number of carboxylic acids is 1. The number of amides is 1. The number of unbranched alkanes of at least 4 members (excludes halogenated alkanes) is 1. The van der Waals surface area contributed by atoms with E-state index in [9.17, 15) is 9.59 Å². The first kappa shape index (κ1) is 17.9. The monoisotopic (exact) mass is 299 g/mol. The van der Waals surface area contributed by atoms with E-state index in [2.05, 4.69) is 17.1 Å². The zero-order valence-corrected chi connectivity index (χ0v) is 13.3. The van der Waals surface area contributed by atoms with Crippen LogP contribution in [0.5, 0.6) is 0 Å². The van der Waals surface area contributed by atoms with E-state index >= 15 is 0 Å². The topological polar surface area (TPSA) is 72.9 Å². The Morgan fingerprint density at radius 1 is 1.33 bits per heavy atom. The van der Waals surface area contributed by atoms with Crippen LogP contribution in [0.1, 0.15) is 39.0 Å². The van der Waals surface area contributed by atoms with E-state index in [0.717, 1.165) is 51.7 Å². The molecular weight excluding hydrogens is 270 g/mol. The van der Waals surface area contributed by atoms with Crippen LogP contribution >= 0.6 is 0 Å². The van der Waals surface area contributed by atoms with Crippen LogP contribution in [0.2, 0.25) is 0 Å². The van der Waals surface area contributed by atoms with Gasteiger partial charge in [-0.15, -0.1) is 0 Å². The molecule has 0 aliphatic carbocycles. The molecule has 6 nitrogen and oxygen atoms in total. The van der Waals surface area contributed by atoms with Gasteiger partial charge in [0.15, 0.2) is 0 Å². The SMILES string of the molecule is CCCCNC(=O)CN1CCCC(N(C)CC(=O)O)CC1. The highest BCUT2D eigenvalue weighted by Crippen LogP contribution is 2.15. The van der Waals surface area contributed by atoms with E-state index in [-0.39, 0.29) is 12.5 Å². The lowest BCUT2D eigenvalue weighted by Gasteiger charge is -2.25. The van der Waals surface area contributed by atoms with Crippen molar-refractivity contribution in [1.82, 2.24) is 15.1 Å². The highest BCUT2D eigenvalue weighted by Gasteiger charge is 2.22. The van der Waals surface area contributed by atoms with E-state index in [4.69, 9.17) is 5.11 Å². The molecule has 122 valence electrons. The molecule has 0 aromatic heterocycles. The Morgan fingerprint density at radius 2 is 2.10 bits per heavy atom. The Morgan fingerprint density at radius 3 is 2.76 bits per heavy atom. The van der Waals surface area contributed by atoms with Crippen molar-refractivity contribution in [1.29, 1.82) is 0 Å². The summed E-state index contributed by atoms with van der Waals surface area (Å²) in [4.78, 5) is 26.7. The zero-order chi connectivity index (χ0) is 15.7. The van der Waals surface area contributed by atoms with E-state index in [1.807, 2.05) is 11.9 Å². The van der Waals surface area contributed by atoms with Crippen molar-refractivity contribution in [3.05, 3.63) is 0 Å². The fraction of sp³-hybridized carbons (Fsp3) is 0.867. The van der Waals surface area contributed by atoms with Gasteiger partial charge in [0.25, 0.3) is 0 Å². The summed E-state index contributed by atoms with van der Waals surface area (Å²) in [7, 11) is 1.87. The summed E-state index contributed by atoms with van der Waals surface area (Å²) >= 11 is 0. The largest absolute Gasteiger partial charge is 0.480 e. The summed E-state index contributed by atoms with van der Waals surface area (Å²) in [6.45, 7) is 5.18. The molecule has 1 atom stereocenters. The number of nitrogens with one attached hydrogen (secondary N) is 1. The number of rotatable bonds is 8. The van der Waals surface area contributed by atoms with Gasteiger partial charge in [0.2, 0.25) is 5.91 Å². The average molecular weight is 299 g/mol. The fourth-order valence-electron chi connectivity index (χ4n) is 2.74. The lowest BCUT2D eigenvalue weighted by molar-refractivity contribution is -0.138. The van der Waals surface area contributed by atoms with Gasteiger partial charge in [-0.2, -0.15) is 0 Å². The number of carbonyl (C=O) groups is 2. The summed E-state index contributed by atoms with van der Waals surface area (Å²) < 4.78 is 0. The molecular formula is C15H29N3O3. The van der Waals surface area contributed by atoms with Crippen LogP contribution in [0.4, 0.5) is 0 Å². The number of carbonyl (C=O) groups excluding carboxylic acids is 1. The molecule has 0 aromatic rings. The maximum absolute atomic E-state index is 11.8. The summed E-state index contributed by atoms with van der Waals surface area (Å²) in [5.41, 5.74) is 0. The van der Waals surface area contributed by atoms with Gasteiger partial charge in [-0.1, -0.05) is 13.3 Å². The van der Waals surface area contributed by atoms with Gasteiger partial charge in [-0.3, -0.25) is 19.4 Å². The molecule has 6 heteroatoms. The van der Waals surface area contributed by atoms with Gasteiger partial charge in [-0.05, 0) is 39.3 Å². The molecule has 0 radical (unpaired) electrons. The molecule has 1 saturated heterocycles. The molecule has 0 bridgehead atoms. The minimum absolute atomic E-state index is 0.0855. The van der Waals surface area contributed by atoms with Gasteiger partial charge < -0.3 is 10.4 Å². The lowest BCUT2D eigenvalue weighted by Crippen LogP contribution is -2.39. The number of nitrogens with zero attached hydrogens (tertiary/aromatic N) is 2. The molecule has 0 aromatic carbocycles. The molecule has 1 amide bonds. The number of likely N-dealkylation sites (tertiary alicyclic amines) is 1. The molecule has 1 heterocycles. The van der Waals surface area contributed by atoms with Crippen molar-refractivity contribution >= 4 is 11.9 Å². The summed E-state index contributed by atoms with van der Waals surface area (Å²) in [5, 5.41) is 11.8. The van der Waals surface area contributed by atoms with Crippen molar-refractivity contribution < 1.29 is 14.7 Å². The van der Waals surface area contributed by atoms with E-state index < -0.39 is 5.97 Å². The van der Waals surface area contributed by atoms with Gasteiger partial charge in [-0.25, -0.2) is 0 Å². The maximum atomic E-state index is 11.8. The molecule has 21 heavy (non-hydrogen) atoms. The molecule has 1 rings (SSSR count). The molecule has 0 saturated carbocycles. The minimum Gasteiger partial charge on any atom is -0.480 e. The summed E-state index contributed by atoms with van der Waals surface area (Å²) in [5.74, 6) is -0.685. The first-order valence-corrected chi connectivity index (χ1v) is 7.94. The van der Waals surface area contributed by atoms with E-state index in [1.54, 1.807) is 0 Å². The second kappa shape index (κ2) is 9.73. The van der Waals surface area contributed by atoms with Crippen LogP contribution in [0, 0.1) is 0 Å². The van der Waals surface area contributed by atoms with E-state index in [0.29, 0.717) is 12.6 Å². The Hall–Kier alpha value is -1.14. The van der Waals surface area contributed by atoms with Crippen LogP contribution < -0.4 is 5.32 Å². The van der Waals surface area contributed by atoms with Gasteiger partial charge in [0, 0.05) is 19.1 Å². The zero-order valence-electron chi connectivity index (χ0n) is 13.3. The third-order valence-corrected chi connectivity index (χ3v) is 4.02. The Balaban J connectivity index is 2.31. The molecule has 2 N–H and O–H groups in total. The highest BCUT2D eigenvalue weighted by atomic mass is 16.4. The highest BCUT2D eigenvalue weighted by molar-refractivity contribution is 5.77. The number of carboxylic acid groups (broad SMARTS) is 1. The number of hydrogen-bond donors (Lipinski definition) is 2. The van der Waals surface area contributed by atoms with Crippen LogP contribution in [-0.2, 0) is 9.59 Å². The quantitative estimate of drug-likeness (QED) is 0.648. The number of likely N-dealkylation sites (N-methyl/N-ethyl adjacent to an activating group) is 1. The standard InChI is InChI=1S/C15H29N3O3/c1-3-4-8-16-14(19)11-18-9-5-6-13(7-10-18)17(2)12-15(20)21/h13H,3-12H2,1-2H3,(H,16,19)(H,20,21). The van der Waals surface area contributed by atoms with Gasteiger partial charge in [0.1, 0.15) is 0 Å². The molecule has 1 fully saturated rings. The molecule has 1 unspecified atom stereocenters. The van der Waals surface area contributed by atoms with Gasteiger partial charge >= 0.3 is 5.97 Å². The van der Waals surface area contributed by atoms with Crippen LogP contribution in [-0.4, -0.2) is 72.6 Å². The average Bonchev–Trinajstić information content (AvgIpc) is 2.64. The molecule has 0 spiro atoms. The van der Waals surface area contributed by atoms with Crippen molar-refractivity contribution in [2.75, 3.05) is 39.8 Å². The fourth-order valence-corrected chi connectivity index (χ4v) is 2.74. The third kappa shape index (κ3) is 7.43. The number of hydrogen-bond acceptors (Lipinski definition) is 4. The van der Waals surface area contributed by atoms with Crippen molar-refractivity contribution in [3.63, 3.8) is 0 Å². The first-order valence-electron chi connectivity index (χ1n) is 7.94. The van der Waals surface area contributed by atoms with Crippen LogP contribution in [0.15, 0.2) is 0 Å². The first-order chi connectivity index (χ1) is 10.0. The second-order valence-corrected chi connectivity index (χ2v) is 5.87. The van der Waals surface area contributed by atoms with Crippen molar-refractivity contribution in [2.24, 2.45) is 0 Å². The third-order valence-electron chi connectivity index (χ3n) is 4.02. The number of aliphatic carboxylic acids is 1. The Bertz CT molecular complexity index is 336. The summed E-state index contributed by atoms with van der Waals surface area (Å²) in [6, 6.07) is 0.300. The van der Waals surface area contributed by atoms with Crippen molar-refractivity contribution in [3.8, 4) is 0 Å². The predicted octanol–water partition coefficient (Wildman–Crippen LogP) is 0.774.